The SMILES string of the molecule is C[n+]1ccc(C(=O)NC2=CC(c3ccc(F)cc3F)CN=C2)cc1NC(=O)C1CC1. The van der Waals surface area contributed by atoms with Crippen LogP contribution in [0.3, 0.4) is 0 Å². The highest BCUT2D eigenvalue weighted by molar-refractivity contribution is 6.00. The topological polar surface area (TPSA) is 74.4 Å². The lowest BCUT2D eigenvalue weighted by atomic mass is 9.96. The van der Waals surface area contributed by atoms with Crippen molar-refractivity contribution in [3.8, 4) is 0 Å². The molecule has 1 saturated carbocycles. The number of pyridine rings is 1. The number of anilines is 1. The molecule has 2 N–H and O–H groups in total. The maximum Gasteiger partial charge on any atom is 0.310 e. The first-order valence-corrected chi connectivity index (χ1v) is 9.69. The van der Waals surface area contributed by atoms with E-state index >= 15 is 0 Å². The standard InChI is InChI=1S/C22H20F2N4O2/c1-28-7-6-14(9-20(28)27-21(29)13-2-3-13)22(30)26-17-8-15(11-25-12-17)18-5-4-16(23)10-19(18)24/h4-10,12-13,15H,2-3,11H2,1H3,(H,26,30)/p+1. The lowest BCUT2D eigenvalue weighted by molar-refractivity contribution is -0.657. The third kappa shape index (κ3) is 4.42. The molecule has 0 spiro atoms. The molecule has 2 amide bonds. The van der Waals surface area contributed by atoms with Crippen molar-refractivity contribution in [3.05, 3.63) is 71.1 Å². The van der Waals surface area contributed by atoms with Crippen LogP contribution < -0.4 is 15.2 Å². The van der Waals surface area contributed by atoms with Crippen molar-refractivity contribution >= 4 is 23.8 Å². The number of rotatable bonds is 5. The van der Waals surface area contributed by atoms with Crippen LogP contribution in [0, 0.1) is 17.6 Å². The van der Waals surface area contributed by atoms with E-state index in [1.165, 1.54) is 18.3 Å². The maximum atomic E-state index is 14.1. The molecule has 0 bridgehead atoms. The summed E-state index contributed by atoms with van der Waals surface area (Å²) < 4.78 is 29.0. The molecular formula is C22H21F2N4O2+. The van der Waals surface area contributed by atoms with E-state index in [1.54, 1.807) is 36.0 Å². The van der Waals surface area contributed by atoms with Crippen molar-refractivity contribution in [2.45, 2.75) is 18.8 Å². The summed E-state index contributed by atoms with van der Waals surface area (Å²) in [5.74, 6) is -1.55. The van der Waals surface area contributed by atoms with E-state index in [4.69, 9.17) is 0 Å². The van der Waals surface area contributed by atoms with Gasteiger partial charge in [0.2, 0.25) is 0 Å². The number of benzene rings is 1. The van der Waals surface area contributed by atoms with Crippen LogP contribution in [0.4, 0.5) is 14.6 Å². The lowest BCUT2D eigenvalue weighted by Gasteiger charge is -2.18. The zero-order chi connectivity index (χ0) is 21.3. The Morgan fingerprint density at radius 1 is 1.13 bits per heavy atom. The number of allylic oxidation sites excluding steroid dienone is 1. The van der Waals surface area contributed by atoms with Gasteiger partial charge in [-0.25, -0.2) is 23.5 Å². The van der Waals surface area contributed by atoms with Crippen LogP contribution in [0.15, 0.2) is 53.3 Å². The summed E-state index contributed by atoms with van der Waals surface area (Å²) in [6.07, 6.45) is 6.67. The van der Waals surface area contributed by atoms with Crippen LogP contribution in [-0.4, -0.2) is 24.6 Å². The minimum Gasteiger partial charge on any atom is -0.321 e. The van der Waals surface area contributed by atoms with Gasteiger partial charge >= 0.3 is 5.91 Å². The minimum atomic E-state index is -0.648. The Labute approximate surface area is 172 Å². The van der Waals surface area contributed by atoms with Crippen molar-refractivity contribution in [3.63, 3.8) is 0 Å². The Morgan fingerprint density at radius 3 is 2.67 bits per heavy atom. The molecule has 4 rings (SSSR count). The highest BCUT2D eigenvalue weighted by atomic mass is 19.1. The van der Waals surface area contributed by atoms with Gasteiger partial charge in [0.05, 0.1) is 30.4 Å². The summed E-state index contributed by atoms with van der Waals surface area (Å²) in [5, 5.41) is 5.60. The number of hydrogen-bond acceptors (Lipinski definition) is 3. The van der Waals surface area contributed by atoms with Gasteiger partial charge in [0.25, 0.3) is 11.7 Å². The fraction of sp³-hybridized carbons (Fsp3) is 0.273. The van der Waals surface area contributed by atoms with Crippen LogP contribution in [0.1, 0.15) is 34.7 Å². The molecule has 2 aliphatic rings. The quantitative estimate of drug-likeness (QED) is 0.743. The van der Waals surface area contributed by atoms with E-state index in [0.717, 1.165) is 18.9 Å². The van der Waals surface area contributed by atoms with Gasteiger partial charge in [0, 0.05) is 30.8 Å². The minimum absolute atomic E-state index is 0.0468. The van der Waals surface area contributed by atoms with Crippen LogP contribution in [-0.2, 0) is 11.8 Å². The van der Waals surface area contributed by atoms with Crippen molar-refractivity contribution in [2.75, 3.05) is 11.9 Å². The Balaban J connectivity index is 1.49. The number of carbonyl (C=O) groups is 2. The molecule has 154 valence electrons. The first-order chi connectivity index (χ1) is 14.4. The van der Waals surface area contributed by atoms with Gasteiger partial charge in [-0.15, -0.1) is 0 Å². The number of amides is 2. The van der Waals surface area contributed by atoms with E-state index in [9.17, 15) is 18.4 Å². The maximum absolute atomic E-state index is 14.1. The van der Waals surface area contributed by atoms with E-state index in [2.05, 4.69) is 15.6 Å². The highest BCUT2D eigenvalue weighted by Crippen LogP contribution is 2.30. The van der Waals surface area contributed by atoms with Crippen LogP contribution >= 0.6 is 0 Å². The molecule has 1 aromatic heterocycles. The number of halogens is 2. The zero-order valence-electron chi connectivity index (χ0n) is 16.4. The van der Waals surface area contributed by atoms with Crippen LogP contribution in [0.5, 0.6) is 0 Å². The first kappa shape index (κ1) is 19.9. The number of aliphatic imine (C=N–C) groups is 1. The molecule has 1 aliphatic heterocycles. The second-order valence-electron chi connectivity index (χ2n) is 7.52. The van der Waals surface area contributed by atoms with E-state index < -0.39 is 17.6 Å². The summed E-state index contributed by atoms with van der Waals surface area (Å²) in [4.78, 5) is 28.9. The number of carbonyl (C=O) groups excluding carboxylic acids is 2. The number of nitrogens with one attached hydrogen (secondary N) is 2. The molecular weight excluding hydrogens is 390 g/mol. The second-order valence-corrected chi connectivity index (χ2v) is 7.52. The summed E-state index contributed by atoms with van der Waals surface area (Å²) in [6.45, 7) is 0.306. The predicted octanol–water partition coefficient (Wildman–Crippen LogP) is 2.62. The molecule has 6 nitrogen and oxygen atoms in total. The molecule has 0 radical (unpaired) electrons. The molecule has 1 unspecified atom stereocenters. The average Bonchev–Trinajstić information content (AvgIpc) is 3.55. The summed E-state index contributed by atoms with van der Waals surface area (Å²) in [6, 6.07) is 6.66. The molecule has 2 heterocycles. The number of dihydropyridines is 1. The molecule has 1 atom stereocenters. The second kappa shape index (κ2) is 8.14. The van der Waals surface area contributed by atoms with Crippen molar-refractivity contribution in [1.82, 2.24) is 5.32 Å². The molecule has 0 saturated heterocycles. The van der Waals surface area contributed by atoms with Crippen molar-refractivity contribution in [1.29, 1.82) is 0 Å². The van der Waals surface area contributed by atoms with E-state index in [-0.39, 0.29) is 17.7 Å². The molecule has 30 heavy (non-hydrogen) atoms. The molecule has 8 heteroatoms. The molecule has 1 aromatic carbocycles. The van der Waals surface area contributed by atoms with E-state index in [1.807, 2.05) is 0 Å². The number of nitrogens with zero attached hydrogens (tertiary/aromatic N) is 2. The average molecular weight is 411 g/mol. The third-order valence-electron chi connectivity index (χ3n) is 5.14. The molecule has 2 aromatic rings. The van der Waals surface area contributed by atoms with E-state index in [0.29, 0.717) is 29.2 Å². The van der Waals surface area contributed by atoms with Gasteiger partial charge in [0.15, 0.2) is 0 Å². The Bertz CT molecular complexity index is 1080. The fourth-order valence-electron chi connectivity index (χ4n) is 3.25. The zero-order valence-corrected chi connectivity index (χ0v) is 16.4. The lowest BCUT2D eigenvalue weighted by Crippen LogP contribution is -2.35. The molecule has 1 aliphatic carbocycles. The van der Waals surface area contributed by atoms with Crippen molar-refractivity contribution < 1.29 is 22.9 Å². The Morgan fingerprint density at radius 2 is 1.93 bits per heavy atom. The summed E-state index contributed by atoms with van der Waals surface area (Å²) in [5.41, 5.74) is 1.11. The first-order valence-electron chi connectivity index (χ1n) is 9.69. The summed E-state index contributed by atoms with van der Waals surface area (Å²) >= 11 is 0. The van der Waals surface area contributed by atoms with Crippen molar-refractivity contribution in [2.24, 2.45) is 18.0 Å². The van der Waals surface area contributed by atoms with Gasteiger partial charge in [-0.1, -0.05) is 6.07 Å². The monoisotopic (exact) mass is 411 g/mol. The number of aromatic nitrogens is 1. The third-order valence-corrected chi connectivity index (χ3v) is 5.14. The fourth-order valence-corrected chi connectivity index (χ4v) is 3.25. The smallest absolute Gasteiger partial charge is 0.310 e. The predicted molar refractivity (Wildman–Crippen MR) is 107 cm³/mol. The van der Waals surface area contributed by atoms with Gasteiger partial charge in [0.1, 0.15) is 11.6 Å². The largest absolute Gasteiger partial charge is 0.321 e. The molecule has 1 fully saturated rings. The summed E-state index contributed by atoms with van der Waals surface area (Å²) in [7, 11) is 1.78. The van der Waals surface area contributed by atoms with Crippen LogP contribution in [0.25, 0.3) is 0 Å². The van der Waals surface area contributed by atoms with Gasteiger partial charge in [-0.05, 0) is 36.6 Å². The Kier molecular flexibility index (Phi) is 5.39. The number of aryl methyl sites for hydroxylation is 1. The number of hydrogen-bond donors (Lipinski definition) is 2. The highest BCUT2D eigenvalue weighted by Gasteiger charge is 2.33. The van der Waals surface area contributed by atoms with Gasteiger partial charge in [-0.3, -0.25) is 9.79 Å². The van der Waals surface area contributed by atoms with Gasteiger partial charge < -0.3 is 5.32 Å². The van der Waals surface area contributed by atoms with Gasteiger partial charge in [-0.2, -0.15) is 0 Å². The Hall–Kier alpha value is -3.42. The normalized spacial score (nSPS) is 18.0. The van der Waals surface area contributed by atoms with Crippen LogP contribution in [0.2, 0.25) is 0 Å².